The van der Waals surface area contributed by atoms with E-state index in [4.69, 9.17) is 19.2 Å². The zero-order valence-electron chi connectivity index (χ0n) is 21.4. The summed E-state index contributed by atoms with van der Waals surface area (Å²) >= 11 is 1.30. The second-order valence-corrected chi connectivity index (χ2v) is 9.80. The summed E-state index contributed by atoms with van der Waals surface area (Å²) in [5.41, 5.74) is 3.51. The lowest BCUT2D eigenvalue weighted by Crippen LogP contribution is -2.29. The summed E-state index contributed by atoms with van der Waals surface area (Å²) in [6.07, 6.45) is 3.00. The van der Waals surface area contributed by atoms with Crippen LogP contribution in [0.5, 0.6) is 17.2 Å². The number of aromatic nitrogens is 2. The molecule has 3 heterocycles. The Kier molecular flexibility index (Phi) is 6.50. The number of pyridine rings is 1. The zero-order chi connectivity index (χ0) is 27.1. The number of ketones is 1. The van der Waals surface area contributed by atoms with Crippen LogP contribution in [0.25, 0.3) is 16.0 Å². The third kappa shape index (κ3) is 4.03. The number of carbonyl (C=O) groups excluding carboxylic acids is 2. The van der Waals surface area contributed by atoms with E-state index in [-0.39, 0.29) is 11.3 Å². The zero-order valence-corrected chi connectivity index (χ0v) is 22.3. The number of aliphatic hydroxyl groups excluding tert-OH is 1. The number of amides is 1. The van der Waals surface area contributed by atoms with E-state index in [1.54, 1.807) is 24.3 Å². The lowest BCUT2D eigenvalue weighted by Gasteiger charge is -2.24. The Labute approximate surface area is 222 Å². The van der Waals surface area contributed by atoms with Gasteiger partial charge in [-0.25, -0.2) is 4.98 Å². The van der Waals surface area contributed by atoms with E-state index in [0.717, 1.165) is 21.3 Å². The fraction of sp³-hybridized carbons (Fsp3) is 0.214. The molecule has 1 saturated heterocycles. The molecule has 1 fully saturated rings. The summed E-state index contributed by atoms with van der Waals surface area (Å²) in [6.45, 7) is 3.94. The van der Waals surface area contributed by atoms with Gasteiger partial charge in [0.05, 0.1) is 43.2 Å². The van der Waals surface area contributed by atoms with E-state index >= 15 is 0 Å². The first kappa shape index (κ1) is 25.2. The van der Waals surface area contributed by atoms with Crippen molar-refractivity contribution in [2.45, 2.75) is 19.9 Å². The molecule has 1 aliphatic heterocycles. The number of rotatable bonds is 6. The first-order chi connectivity index (χ1) is 18.3. The highest BCUT2D eigenvalue weighted by Crippen LogP contribution is 2.48. The van der Waals surface area contributed by atoms with Gasteiger partial charge < -0.3 is 19.3 Å². The van der Waals surface area contributed by atoms with Crippen molar-refractivity contribution in [3.63, 3.8) is 0 Å². The van der Waals surface area contributed by atoms with E-state index in [1.165, 1.54) is 50.0 Å². The molecule has 5 rings (SSSR count). The van der Waals surface area contributed by atoms with Gasteiger partial charge in [0.15, 0.2) is 16.6 Å². The highest BCUT2D eigenvalue weighted by molar-refractivity contribution is 7.22. The van der Waals surface area contributed by atoms with Crippen LogP contribution in [0.15, 0.2) is 54.4 Å². The third-order valence-electron chi connectivity index (χ3n) is 6.43. The van der Waals surface area contributed by atoms with E-state index < -0.39 is 17.7 Å². The molecular formula is C28H25N3O6S. The van der Waals surface area contributed by atoms with Crippen LogP contribution < -0.4 is 19.1 Å². The number of nitrogens with zero attached hydrogens (tertiary/aromatic N) is 3. The Morgan fingerprint density at radius 1 is 0.974 bits per heavy atom. The van der Waals surface area contributed by atoms with Gasteiger partial charge in [-0.2, -0.15) is 0 Å². The normalized spacial score (nSPS) is 16.8. The maximum Gasteiger partial charge on any atom is 0.301 e. The largest absolute Gasteiger partial charge is 0.507 e. The van der Waals surface area contributed by atoms with Crippen molar-refractivity contribution < 1.29 is 28.9 Å². The number of benzene rings is 2. The van der Waals surface area contributed by atoms with Crippen molar-refractivity contribution in [1.29, 1.82) is 0 Å². The first-order valence-electron chi connectivity index (χ1n) is 11.7. The molecule has 9 nitrogen and oxygen atoms in total. The minimum atomic E-state index is -1.01. The number of hydrogen-bond acceptors (Lipinski definition) is 9. The molecule has 2 aromatic carbocycles. The van der Waals surface area contributed by atoms with Crippen LogP contribution in [0, 0.1) is 13.8 Å². The van der Waals surface area contributed by atoms with Crippen molar-refractivity contribution in [3.8, 4) is 17.2 Å². The molecule has 1 aliphatic rings. The molecule has 10 heteroatoms. The molecule has 4 aromatic rings. The van der Waals surface area contributed by atoms with Gasteiger partial charge in [0, 0.05) is 18.0 Å². The van der Waals surface area contributed by atoms with Gasteiger partial charge in [0.2, 0.25) is 5.75 Å². The number of methoxy groups -OCH3 is 3. The van der Waals surface area contributed by atoms with Crippen LogP contribution >= 0.6 is 11.3 Å². The summed E-state index contributed by atoms with van der Waals surface area (Å²) in [7, 11) is 4.45. The SMILES string of the molecule is COc1cc(C2/C(=C(\O)c3ccncc3)C(=O)C(=O)N2c2nc3c(C)cc(C)cc3s2)cc(OC)c1OC. The molecule has 38 heavy (non-hydrogen) atoms. The lowest BCUT2D eigenvalue weighted by atomic mass is 9.95. The Morgan fingerprint density at radius 2 is 1.63 bits per heavy atom. The monoisotopic (exact) mass is 531 g/mol. The number of aryl methyl sites for hydroxylation is 2. The predicted molar refractivity (Wildman–Crippen MR) is 144 cm³/mol. The molecular weight excluding hydrogens is 506 g/mol. The highest BCUT2D eigenvalue weighted by atomic mass is 32.1. The molecule has 1 amide bonds. The summed E-state index contributed by atoms with van der Waals surface area (Å²) < 4.78 is 17.4. The van der Waals surface area contributed by atoms with Crippen LogP contribution in [0.2, 0.25) is 0 Å². The number of fused-ring (bicyclic) bond motifs is 1. The van der Waals surface area contributed by atoms with Gasteiger partial charge in [-0.3, -0.25) is 19.5 Å². The van der Waals surface area contributed by atoms with Crippen LogP contribution in [-0.2, 0) is 9.59 Å². The second-order valence-electron chi connectivity index (χ2n) is 8.79. The van der Waals surface area contributed by atoms with Gasteiger partial charge in [-0.1, -0.05) is 17.4 Å². The molecule has 194 valence electrons. The molecule has 0 aliphatic carbocycles. The molecule has 0 spiro atoms. The van der Waals surface area contributed by atoms with Crippen molar-refractivity contribution in [2.24, 2.45) is 0 Å². The van der Waals surface area contributed by atoms with Gasteiger partial charge in [0.1, 0.15) is 5.76 Å². The molecule has 1 unspecified atom stereocenters. The topological polar surface area (TPSA) is 111 Å². The number of hydrogen-bond donors (Lipinski definition) is 1. The van der Waals surface area contributed by atoms with E-state index in [1.807, 2.05) is 26.0 Å². The Bertz CT molecular complexity index is 1590. The molecule has 0 saturated carbocycles. The average Bonchev–Trinajstić information content (AvgIpc) is 3.46. The van der Waals surface area contributed by atoms with Crippen molar-refractivity contribution in [1.82, 2.24) is 9.97 Å². The number of thiazole rings is 1. The quantitative estimate of drug-likeness (QED) is 0.211. The molecule has 0 radical (unpaired) electrons. The third-order valence-corrected chi connectivity index (χ3v) is 7.43. The Morgan fingerprint density at radius 3 is 2.24 bits per heavy atom. The highest BCUT2D eigenvalue weighted by Gasteiger charge is 2.48. The van der Waals surface area contributed by atoms with E-state index in [2.05, 4.69) is 4.98 Å². The van der Waals surface area contributed by atoms with E-state index in [0.29, 0.717) is 33.5 Å². The minimum Gasteiger partial charge on any atom is -0.507 e. The number of anilines is 1. The van der Waals surface area contributed by atoms with Gasteiger partial charge in [0.25, 0.3) is 5.78 Å². The number of Topliss-reactive ketones (excluding diaryl/α,β-unsaturated/α-hetero) is 1. The standard InChI is InChI=1S/C28H25N3O6S/c1-14-10-15(2)22-20(11-14)38-28(30-22)31-23(17-12-18(35-3)26(37-5)19(13-17)36-4)21(25(33)27(31)34)24(32)16-6-8-29-9-7-16/h6-13,23,32H,1-5H3/b24-21+. The number of aliphatic hydroxyl groups is 1. The smallest absolute Gasteiger partial charge is 0.301 e. The van der Waals surface area contributed by atoms with Crippen LogP contribution in [0.4, 0.5) is 5.13 Å². The van der Waals surface area contributed by atoms with Gasteiger partial charge in [-0.15, -0.1) is 0 Å². The fourth-order valence-corrected chi connectivity index (χ4v) is 5.90. The lowest BCUT2D eigenvalue weighted by molar-refractivity contribution is -0.132. The van der Waals surface area contributed by atoms with Crippen LogP contribution in [-0.4, -0.2) is 48.1 Å². The molecule has 0 bridgehead atoms. The Balaban J connectivity index is 1.80. The summed E-state index contributed by atoms with van der Waals surface area (Å²) in [6, 6.07) is 9.45. The molecule has 1 atom stereocenters. The van der Waals surface area contributed by atoms with Gasteiger partial charge >= 0.3 is 5.91 Å². The number of ether oxygens (including phenoxy) is 3. The van der Waals surface area contributed by atoms with Crippen LogP contribution in [0.1, 0.15) is 28.3 Å². The number of carbonyl (C=O) groups is 2. The predicted octanol–water partition coefficient (Wildman–Crippen LogP) is 4.96. The fourth-order valence-electron chi connectivity index (χ4n) is 4.73. The minimum absolute atomic E-state index is 0.0809. The van der Waals surface area contributed by atoms with Gasteiger partial charge in [-0.05, 0) is 60.9 Å². The second kappa shape index (κ2) is 9.79. The Hall–Kier alpha value is -4.44. The summed E-state index contributed by atoms with van der Waals surface area (Å²) in [4.78, 5) is 37.2. The van der Waals surface area contributed by atoms with Crippen molar-refractivity contribution in [3.05, 3.63) is 76.6 Å². The molecule has 2 aromatic heterocycles. The maximum absolute atomic E-state index is 13.6. The first-order valence-corrected chi connectivity index (χ1v) is 12.5. The summed E-state index contributed by atoms with van der Waals surface area (Å²) in [5, 5.41) is 11.7. The van der Waals surface area contributed by atoms with Crippen LogP contribution in [0.3, 0.4) is 0 Å². The van der Waals surface area contributed by atoms with Crippen molar-refractivity contribution >= 4 is 44.1 Å². The summed E-state index contributed by atoms with van der Waals surface area (Å²) in [5.74, 6) is -0.909. The van der Waals surface area contributed by atoms with Crippen molar-refractivity contribution in [2.75, 3.05) is 26.2 Å². The maximum atomic E-state index is 13.6. The molecule has 1 N–H and O–H groups in total. The average molecular weight is 532 g/mol. The van der Waals surface area contributed by atoms with E-state index in [9.17, 15) is 14.7 Å².